The van der Waals surface area contributed by atoms with E-state index in [-0.39, 0.29) is 88.1 Å². The van der Waals surface area contributed by atoms with Gasteiger partial charge in [0.2, 0.25) is 7.59 Å². The summed E-state index contributed by atoms with van der Waals surface area (Å²) in [6, 6.07) is 19.5. The van der Waals surface area contributed by atoms with Gasteiger partial charge in [0, 0.05) is 37.5 Å². The minimum atomic E-state index is -2.85. The molecule has 4 unspecified atom stereocenters. The molecule has 28 heteroatoms. The van der Waals surface area contributed by atoms with Crippen molar-refractivity contribution in [3.8, 4) is 46.8 Å². The van der Waals surface area contributed by atoms with E-state index in [9.17, 15) is 9.59 Å². The average molecular weight is 1470 g/mol. The number of hydrogen-bond acceptors (Lipinski definition) is 16. The number of halogens is 6. The first kappa shape index (κ1) is 75.0. The summed E-state index contributed by atoms with van der Waals surface area (Å²) in [5.41, 5.74) is 3.57. The number of carbonyl (C=O) groups excluding carboxylic acids is 4. The van der Waals surface area contributed by atoms with Gasteiger partial charge in [-0.25, -0.2) is 19.4 Å². The average Bonchev–Trinajstić information content (AvgIpc) is 1.61. The molecule has 4 aromatic carbocycles. The van der Waals surface area contributed by atoms with Crippen molar-refractivity contribution in [2.24, 2.45) is 0 Å². The third-order valence-electron chi connectivity index (χ3n) is 17.5. The molecule has 0 spiro atoms. The Bertz CT molecular complexity index is 3530. The molecule has 4 aliphatic heterocycles. The van der Waals surface area contributed by atoms with E-state index in [0.717, 1.165) is 22.3 Å². The summed E-state index contributed by atoms with van der Waals surface area (Å²) in [4.78, 5) is 66.1. The number of amides is 4. The highest BCUT2D eigenvalue weighted by atomic mass is 35.6. The summed E-state index contributed by atoms with van der Waals surface area (Å²) in [5.74, 6) is 3.53. The van der Waals surface area contributed by atoms with Crippen molar-refractivity contribution in [2.45, 2.75) is 129 Å². The van der Waals surface area contributed by atoms with Gasteiger partial charge in [0.1, 0.15) is 31.3 Å². The number of rotatable bonds is 25. The van der Waals surface area contributed by atoms with Gasteiger partial charge in [0.15, 0.2) is 52.1 Å². The van der Waals surface area contributed by atoms with Gasteiger partial charge in [-0.2, -0.15) is 0 Å². The van der Waals surface area contributed by atoms with Crippen LogP contribution in [0.15, 0.2) is 85.2 Å². The van der Waals surface area contributed by atoms with Gasteiger partial charge in [-0.3, -0.25) is 9.59 Å². The maximum Gasteiger partial charge on any atom is 0.416 e. The van der Waals surface area contributed by atoms with Crippen LogP contribution >= 0.6 is 69.6 Å². The topological polar surface area (TPSA) is 195 Å². The Labute approximate surface area is 588 Å². The number of hydrogen-bond donors (Lipinski definition) is 1. The van der Waals surface area contributed by atoms with Gasteiger partial charge in [0.25, 0.3) is 11.8 Å². The van der Waals surface area contributed by atoms with Crippen LogP contribution in [-0.2, 0) is 23.1 Å². The fraction of sp³-hybridized carbons (Fsp3) is 0.493. The number of nitrogens with zero attached hydrogens (tertiary/aromatic N) is 4. The first-order valence-electron chi connectivity index (χ1n) is 30.9. The van der Waals surface area contributed by atoms with Gasteiger partial charge >= 0.3 is 12.2 Å². The van der Waals surface area contributed by atoms with Crippen LogP contribution in [0.1, 0.15) is 92.6 Å². The Morgan fingerprint density at radius 1 is 0.568 bits per heavy atom. The maximum absolute atomic E-state index is 15.3. The minimum absolute atomic E-state index is 0.0141. The zero-order valence-electron chi connectivity index (χ0n) is 55.6. The van der Waals surface area contributed by atoms with Crippen LogP contribution in [0.25, 0.3) is 11.1 Å². The van der Waals surface area contributed by atoms with Crippen molar-refractivity contribution in [3.63, 3.8) is 0 Å². The molecule has 0 fully saturated rings. The SMILES string of the molecule is C#CCNCCOCCOc1ccc(C2=CN3C(=O)c4cc(OC)c(OCCCOc5cc6c(cc5OC)C(=O)N5C=C(c7ccc(OC)cc7)CC5C(O[Si](C)(C)C(C)(C)C)N6C(=O)OCC(Cl)(Cl)Cl)cc4N(C(=O)OCC(Cl)(Cl)Cl)C(O[Si](C)(C)C(C)(C)C)C3C2)cc1. The van der Waals surface area contributed by atoms with E-state index in [2.05, 4.69) is 52.8 Å². The highest BCUT2D eigenvalue weighted by Gasteiger charge is 2.54. The number of nitrogens with one attached hydrogen (secondary N) is 1. The predicted molar refractivity (Wildman–Crippen MR) is 377 cm³/mol. The molecule has 95 heavy (non-hydrogen) atoms. The molecule has 0 aromatic heterocycles. The summed E-state index contributed by atoms with van der Waals surface area (Å²) >= 11 is 37.2. The normalized spacial score (nSPS) is 18.3. The Morgan fingerprint density at radius 3 is 1.37 bits per heavy atom. The van der Waals surface area contributed by atoms with Crippen molar-refractivity contribution in [2.75, 3.05) is 90.5 Å². The van der Waals surface area contributed by atoms with Crippen molar-refractivity contribution in [3.05, 3.63) is 107 Å². The van der Waals surface area contributed by atoms with E-state index in [1.807, 2.05) is 74.7 Å². The largest absolute Gasteiger partial charge is 0.497 e. The fourth-order valence-electron chi connectivity index (χ4n) is 10.5. The number of ether oxygens (including phenoxy) is 9. The van der Waals surface area contributed by atoms with Crippen LogP contribution in [-0.4, -0.2) is 163 Å². The van der Waals surface area contributed by atoms with Crippen LogP contribution in [0.5, 0.6) is 34.5 Å². The number of methoxy groups -OCH3 is 3. The van der Waals surface area contributed by atoms with E-state index < -0.39 is 86.0 Å². The maximum atomic E-state index is 15.3. The molecule has 0 saturated heterocycles. The van der Waals surface area contributed by atoms with Gasteiger partial charge < -0.3 is 66.6 Å². The molecule has 0 bridgehead atoms. The smallest absolute Gasteiger partial charge is 0.416 e. The summed E-state index contributed by atoms with van der Waals surface area (Å²) < 4.78 is 63.9. The number of fused-ring (bicyclic) bond motifs is 4. The lowest BCUT2D eigenvalue weighted by Crippen LogP contribution is -2.58. The summed E-state index contributed by atoms with van der Waals surface area (Å²) in [5, 5.41) is 2.33. The predicted octanol–water partition coefficient (Wildman–Crippen LogP) is 15.0. The van der Waals surface area contributed by atoms with E-state index in [0.29, 0.717) is 44.4 Å². The van der Waals surface area contributed by atoms with Gasteiger partial charge in [-0.1, -0.05) is 141 Å². The second-order valence-corrected chi connectivity index (χ2v) is 40.6. The zero-order valence-corrected chi connectivity index (χ0v) is 62.2. The molecule has 8 rings (SSSR count). The van der Waals surface area contributed by atoms with Crippen LogP contribution in [0, 0.1) is 12.3 Å². The molecule has 4 heterocycles. The molecule has 4 aliphatic rings. The molecule has 4 atom stereocenters. The summed E-state index contributed by atoms with van der Waals surface area (Å²) in [7, 11) is -1.22. The molecule has 4 aromatic rings. The van der Waals surface area contributed by atoms with E-state index >= 15 is 9.59 Å². The Kier molecular flexibility index (Phi) is 24.4. The van der Waals surface area contributed by atoms with Crippen LogP contribution in [0.2, 0.25) is 36.3 Å². The van der Waals surface area contributed by atoms with Crippen LogP contribution < -0.4 is 43.5 Å². The molecule has 1 N–H and O–H groups in total. The van der Waals surface area contributed by atoms with E-state index in [4.69, 9.17) is 128 Å². The Hall–Kier alpha value is -5.79. The Balaban J connectivity index is 1.11. The third kappa shape index (κ3) is 18.1. The highest BCUT2D eigenvalue weighted by Crippen LogP contribution is 2.50. The molecule has 516 valence electrons. The van der Waals surface area contributed by atoms with Gasteiger partial charge in [0.05, 0.1) is 88.9 Å². The number of carbonyl (C=O) groups is 4. The molecule has 4 amide bonds. The number of alkyl halides is 6. The lowest BCUT2D eigenvalue weighted by molar-refractivity contribution is 0.0584. The molecule has 20 nitrogen and oxygen atoms in total. The zero-order chi connectivity index (χ0) is 69.6. The quantitative estimate of drug-likeness (QED) is 0.0285. The molecular weight excluding hydrogens is 1380 g/mol. The van der Waals surface area contributed by atoms with Crippen molar-refractivity contribution >= 4 is 133 Å². The van der Waals surface area contributed by atoms with Crippen molar-refractivity contribution in [1.82, 2.24) is 15.1 Å². The second kappa shape index (κ2) is 31.0. The fourth-order valence-corrected chi connectivity index (χ4v) is 13.3. The lowest BCUT2D eigenvalue weighted by atomic mass is 10.0. The highest BCUT2D eigenvalue weighted by molar-refractivity contribution is 6.74. The van der Waals surface area contributed by atoms with Gasteiger partial charge in [-0.05, 0) is 108 Å². The summed E-state index contributed by atoms with van der Waals surface area (Å²) in [6.45, 7) is 21.6. The van der Waals surface area contributed by atoms with Crippen molar-refractivity contribution in [1.29, 1.82) is 0 Å². The monoisotopic (exact) mass is 1460 g/mol. The van der Waals surface area contributed by atoms with Crippen molar-refractivity contribution < 1.29 is 70.7 Å². The molecular formula is C67H83Cl6N5O15Si2. The summed E-state index contributed by atoms with van der Waals surface area (Å²) in [6.07, 6.45) is 5.41. The first-order chi connectivity index (χ1) is 44.6. The van der Waals surface area contributed by atoms with Gasteiger partial charge in [-0.15, -0.1) is 6.42 Å². The van der Waals surface area contributed by atoms with E-state index in [1.165, 1.54) is 48.3 Å². The molecule has 0 saturated carbocycles. The van der Waals surface area contributed by atoms with Crippen LogP contribution in [0.3, 0.4) is 0 Å². The number of anilines is 2. The minimum Gasteiger partial charge on any atom is -0.497 e. The number of terminal acetylenes is 1. The van der Waals surface area contributed by atoms with E-state index in [1.54, 1.807) is 29.3 Å². The molecule has 0 aliphatic carbocycles. The van der Waals surface area contributed by atoms with Crippen LogP contribution in [0.4, 0.5) is 21.0 Å². The third-order valence-corrected chi connectivity index (χ3v) is 27.1. The first-order valence-corrected chi connectivity index (χ1v) is 39.0. The number of benzene rings is 4. The molecule has 0 radical (unpaired) electrons. The Morgan fingerprint density at radius 2 is 0.989 bits per heavy atom. The standard InChI is InChI=1S/C67H83Cl6N5O15Si2/c1-15-25-74-26-29-86-30-31-87-47-23-19-43(20-24-47)45-33-53-61(93-95(13,14)65(5,6)7)78(63(82)91-41-67(71,72)73)51-37-57(55(85-10)35-49(51)59(80)76(53)39-45)89-28-16-27-88-56-36-50-48(34-54(56)84-9)58(79)75-38-44(42-17-21-46(83-8)22-18-42)32-52(75)60(92-94(11,12)64(2,3)4)77(50)62(81)90-40-66(68,69)70/h1,17-24,34-39,52-53,60-61,74H,16,25-33,40-41H2,2-14H3. The second-order valence-electron chi connectivity index (χ2n) is 26.1. The lowest BCUT2D eigenvalue weighted by Gasteiger charge is -2.44.